The summed E-state index contributed by atoms with van der Waals surface area (Å²) in [4.78, 5) is 2.79. The van der Waals surface area contributed by atoms with Crippen molar-refractivity contribution in [2.24, 2.45) is 0 Å². The Hall–Kier alpha value is -0.0800. The van der Waals surface area contributed by atoms with Crippen molar-refractivity contribution in [3.63, 3.8) is 0 Å². The maximum absolute atomic E-state index is 3.76. The van der Waals surface area contributed by atoms with Gasteiger partial charge in [0.25, 0.3) is 0 Å². The van der Waals surface area contributed by atoms with Crippen LogP contribution in [0.4, 0.5) is 0 Å². The number of nitrogens with zero attached hydrogens (tertiary/aromatic N) is 1. The van der Waals surface area contributed by atoms with Crippen LogP contribution in [0.1, 0.15) is 64.7 Å². The van der Waals surface area contributed by atoms with Gasteiger partial charge in [0.05, 0.1) is 0 Å². The average molecular weight is 238 g/mol. The van der Waals surface area contributed by atoms with Crippen molar-refractivity contribution in [1.82, 2.24) is 10.2 Å². The first-order valence-corrected chi connectivity index (χ1v) is 7.89. The van der Waals surface area contributed by atoms with Gasteiger partial charge in [0.1, 0.15) is 0 Å². The molecule has 2 unspecified atom stereocenters. The summed E-state index contributed by atoms with van der Waals surface area (Å²) in [5.41, 5.74) is 0. The summed E-state index contributed by atoms with van der Waals surface area (Å²) >= 11 is 0. The lowest BCUT2D eigenvalue weighted by molar-refractivity contribution is 0.112. The molecule has 1 aliphatic heterocycles. The van der Waals surface area contributed by atoms with Crippen LogP contribution in [-0.2, 0) is 0 Å². The van der Waals surface area contributed by atoms with Crippen molar-refractivity contribution in [3.8, 4) is 0 Å². The molecule has 2 rings (SSSR count). The van der Waals surface area contributed by atoms with Gasteiger partial charge in [-0.1, -0.05) is 39.0 Å². The van der Waals surface area contributed by atoms with Crippen LogP contribution in [0.25, 0.3) is 0 Å². The van der Waals surface area contributed by atoms with Gasteiger partial charge in [0, 0.05) is 12.1 Å². The largest absolute Gasteiger partial charge is 0.313 e. The molecular formula is C15H30N2. The van der Waals surface area contributed by atoms with Crippen LogP contribution < -0.4 is 5.32 Å². The normalized spacial score (nSPS) is 33.0. The van der Waals surface area contributed by atoms with Crippen molar-refractivity contribution < 1.29 is 0 Å². The maximum Gasteiger partial charge on any atom is 0.0249 e. The summed E-state index contributed by atoms with van der Waals surface area (Å²) in [7, 11) is 0. The monoisotopic (exact) mass is 238 g/mol. The summed E-state index contributed by atoms with van der Waals surface area (Å²) in [6.07, 6.45) is 12.9. The molecule has 1 saturated heterocycles. The molecular weight excluding hydrogens is 208 g/mol. The zero-order valence-electron chi connectivity index (χ0n) is 11.6. The van der Waals surface area contributed by atoms with Gasteiger partial charge in [-0.3, -0.25) is 4.90 Å². The van der Waals surface area contributed by atoms with Gasteiger partial charge in [-0.05, 0) is 45.3 Å². The summed E-state index contributed by atoms with van der Waals surface area (Å²) in [6, 6.07) is 1.59. The molecule has 0 spiro atoms. The van der Waals surface area contributed by atoms with Gasteiger partial charge < -0.3 is 5.32 Å². The Labute approximate surface area is 107 Å². The molecule has 0 aromatic heterocycles. The van der Waals surface area contributed by atoms with Gasteiger partial charge in [-0.15, -0.1) is 0 Å². The fourth-order valence-corrected chi connectivity index (χ4v) is 3.65. The smallest absolute Gasteiger partial charge is 0.0249 e. The van der Waals surface area contributed by atoms with Crippen molar-refractivity contribution in [2.75, 3.05) is 19.6 Å². The first-order chi connectivity index (χ1) is 8.42. The third-order valence-electron chi connectivity index (χ3n) is 4.56. The average Bonchev–Trinajstić information content (AvgIpc) is 2.34. The quantitative estimate of drug-likeness (QED) is 0.812. The highest BCUT2D eigenvalue weighted by molar-refractivity contribution is 4.87. The van der Waals surface area contributed by atoms with Gasteiger partial charge >= 0.3 is 0 Å². The lowest BCUT2D eigenvalue weighted by atomic mass is 9.90. The van der Waals surface area contributed by atoms with E-state index in [1.165, 1.54) is 70.9 Å². The summed E-state index contributed by atoms with van der Waals surface area (Å²) in [5, 5.41) is 3.76. The zero-order chi connectivity index (χ0) is 11.9. The standard InChI is InChI=1S/C15H30N2/c1-2-16-14-10-6-3-4-7-11-15(14)17-12-8-5-9-13-17/h14-16H,2-13H2,1H3. The first kappa shape index (κ1) is 13.4. The van der Waals surface area contributed by atoms with E-state index in [1.807, 2.05) is 0 Å². The molecule has 2 nitrogen and oxygen atoms in total. The zero-order valence-corrected chi connectivity index (χ0v) is 11.6. The lowest BCUT2D eigenvalue weighted by Crippen LogP contribution is -2.52. The molecule has 1 saturated carbocycles. The Kier molecular flexibility index (Phi) is 5.79. The number of hydrogen-bond donors (Lipinski definition) is 1. The predicted octanol–water partition coefficient (Wildman–Crippen LogP) is 3.17. The molecule has 2 aliphatic rings. The van der Waals surface area contributed by atoms with E-state index in [0.29, 0.717) is 0 Å². The van der Waals surface area contributed by atoms with E-state index in [2.05, 4.69) is 17.1 Å². The number of nitrogens with one attached hydrogen (secondary N) is 1. The molecule has 1 heterocycles. The number of rotatable bonds is 3. The molecule has 0 bridgehead atoms. The van der Waals surface area contributed by atoms with Crippen LogP contribution in [0, 0.1) is 0 Å². The fourth-order valence-electron chi connectivity index (χ4n) is 3.65. The molecule has 100 valence electrons. The van der Waals surface area contributed by atoms with E-state index in [1.54, 1.807) is 0 Å². The van der Waals surface area contributed by atoms with E-state index in [4.69, 9.17) is 0 Å². The number of hydrogen-bond acceptors (Lipinski definition) is 2. The van der Waals surface area contributed by atoms with Crippen LogP contribution in [-0.4, -0.2) is 36.6 Å². The topological polar surface area (TPSA) is 15.3 Å². The fraction of sp³-hybridized carbons (Fsp3) is 1.00. The highest BCUT2D eigenvalue weighted by Crippen LogP contribution is 2.24. The second-order valence-corrected chi connectivity index (χ2v) is 5.82. The predicted molar refractivity (Wildman–Crippen MR) is 74.4 cm³/mol. The number of likely N-dealkylation sites (tertiary alicyclic amines) is 1. The highest BCUT2D eigenvalue weighted by atomic mass is 15.2. The Morgan fingerprint density at radius 1 is 0.882 bits per heavy atom. The first-order valence-electron chi connectivity index (χ1n) is 7.89. The molecule has 1 N–H and O–H groups in total. The Morgan fingerprint density at radius 3 is 2.24 bits per heavy atom. The summed E-state index contributed by atoms with van der Waals surface area (Å²) < 4.78 is 0. The molecule has 0 aromatic rings. The van der Waals surface area contributed by atoms with Gasteiger partial charge in [0.15, 0.2) is 0 Å². The molecule has 0 radical (unpaired) electrons. The van der Waals surface area contributed by atoms with E-state index >= 15 is 0 Å². The lowest BCUT2D eigenvalue weighted by Gasteiger charge is -2.40. The second-order valence-electron chi connectivity index (χ2n) is 5.82. The van der Waals surface area contributed by atoms with E-state index in [9.17, 15) is 0 Å². The third kappa shape index (κ3) is 3.96. The van der Waals surface area contributed by atoms with Crippen LogP contribution in [0.5, 0.6) is 0 Å². The molecule has 2 heteroatoms. The van der Waals surface area contributed by atoms with Crippen LogP contribution >= 0.6 is 0 Å². The SMILES string of the molecule is CCNC1CCCCCCC1N1CCCCC1. The summed E-state index contributed by atoms with van der Waals surface area (Å²) in [6.45, 7) is 6.10. The van der Waals surface area contributed by atoms with Crippen LogP contribution in [0.3, 0.4) is 0 Å². The van der Waals surface area contributed by atoms with Crippen LogP contribution in [0.15, 0.2) is 0 Å². The van der Waals surface area contributed by atoms with Gasteiger partial charge in [0.2, 0.25) is 0 Å². The van der Waals surface area contributed by atoms with Crippen LogP contribution in [0.2, 0.25) is 0 Å². The highest BCUT2D eigenvalue weighted by Gasteiger charge is 2.28. The van der Waals surface area contributed by atoms with Crippen molar-refractivity contribution in [2.45, 2.75) is 76.8 Å². The number of likely N-dealkylation sites (N-methyl/N-ethyl adjacent to an activating group) is 1. The minimum atomic E-state index is 0.762. The summed E-state index contributed by atoms with van der Waals surface area (Å²) in [5.74, 6) is 0. The van der Waals surface area contributed by atoms with Crippen molar-refractivity contribution >= 4 is 0 Å². The molecule has 2 fully saturated rings. The van der Waals surface area contributed by atoms with Crippen molar-refractivity contribution in [1.29, 1.82) is 0 Å². The Bertz CT molecular complexity index is 199. The molecule has 2 atom stereocenters. The molecule has 17 heavy (non-hydrogen) atoms. The third-order valence-corrected chi connectivity index (χ3v) is 4.56. The molecule has 0 amide bonds. The van der Waals surface area contributed by atoms with Crippen molar-refractivity contribution in [3.05, 3.63) is 0 Å². The minimum Gasteiger partial charge on any atom is -0.313 e. The second kappa shape index (κ2) is 7.38. The van der Waals surface area contributed by atoms with Gasteiger partial charge in [-0.25, -0.2) is 0 Å². The molecule has 0 aromatic carbocycles. The van der Waals surface area contributed by atoms with E-state index < -0.39 is 0 Å². The van der Waals surface area contributed by atoms with E-state index in [-0.39, 0.29) is 0 Å². The number of piperidine rings is 1. The molecule has 1 aliphatic carbocycles. The Balaban J connectivity index is 1.95. The van der Waals surface area contributed by atoms with Gasteiger partial charge in [-0.2, -0.15) is 0 Å². The minimum absolute atomic E-state index is 0.762. The Morgan fingerprint density at radius 2 is 1.53 bits per heavy atom. The maximum atomic E-state index is 3.76. The van der Waals surface area contributed by atoms with E-state index in [0.717, 1.165) is 18.6 Å².